The third-order valence-electron chi connectivity index (χ3n) is 5.12. The van der Waals surface area contributed by atoms with Crippen molar-refractivity contribution >= 4 is 41.4 Å². The molecule has 0 aliphatic carbocycles. The molecule has 1 atom stereocenters. The van der Waals surface area contributed by atoms with Gasteiger partial charge in [-0.1, -0.05) is 35.9 Å². The van der Waals surface area contributed by atoms with Crippen LogP contribution in [-0.4, -0.2) is 18.6 Å². The molecule has 0 bridgehead atoms. The number of halogens is 2. The molecule has 4 nitrogen and oxygen atoms in total. The van der Waals surface area contributed by atoms with Gasteiger partial charge in [0.1, 0.15) is 11.9 Å². The predicted octanol–water partition coefficient (Wildman–Crippen LogP) is 5.37. The number of anilines is 2. The van der Waals surface area contributed by atoms with E-state index in [1.165, 1.54) is 11.1 Å². The van der Waals surface area contributed by atoms with E-state index in [0.29, 0.717) is 11.6 Å². The highest BCUT2D eigenvalue weighted by Crippen LogP contribution is 2.41. The first kappa shape index (κ1) is 20.6. The number of ether oxygens (including phenoxy) is 1. The Bertz CT molecular complexity index is 883. The lowest BCUT2D eigenvalue weighted by molar-refractivity contribution is -0.145. The summed E-state index contributed by atoms with van der Waals surface area (Å²) in [7, 11) is 0. The second-order valence-corrected chi connectivity index (χ2v) is 7.35. The molecule has 0 spiro atoms. The number of carbonyl (C=O) groups is 1. The molecule has 1 unspecified atom stereocenters. The van der Waals surface area contributed by atoms with Gasteiger partial charge in [0.15, 0.2) is 0 Å². The van der Waals surface area contributed by atoms with Gasteiger partial charge in [0.25, 0.3) is 0 Å². The number of nitrogens with zero attached hydrogens (tertiary/aromatic N) is 1. The molecule has 0 aromatic heterocycles. The fourth-order valence-electron chi connectivity index (χ4n) is 3.88. The van der Waals surface area contributed by atoms with E-state index in [0.717, 1.165) is 42.9 Å². The lowest BCUT2D eigenvalue weighted by Crippen LogP contribution is -2.42. The summed E-state index contributed by atoms with van der Waals surface area (Å²) in [5.41, 5.74) is 4.67. The van der Waals surface area contributed by atoms with Crippen LogP contribution in [0.4, 0.5) is 11.4 Å². The van der Waals surface area contributed by atoms with Gasteiger partial charge >= 0.3 is 5.97 Å². The van der Waals surface area contributed by atoms with Gasteiger partial charge < -0.3 is 10.1 Å². The van der Waals surface area contributed by atoms with Crippen LogP contribution >= 0.6 is 24.0 Å². The summed E-state index contributed by atoms with van der Waals surface area (Å²) in [6.07, 6.45) is 3.56. The number of hydrogen-bond acceptors (Lipinski definition) is 4. The van der Waals surface area contributed by atoms with Gasteiger partial charge in [-0.2, -0.15) is 0 Å². The van der Waals surface area contributed by atoms with E-state index in [1.807, 2.05) is 37.3 Å². The van der Waals surface area contributed by atoms with Crippen LogP contribution in [0.1, 0.15) is 31.7 Å². The molecule has 0 saturated heterocycles. The van der Waals surface area contributed by atoms with Gasteiger partial charge in [0.05, 0.1) is 12.3 Å². The predicted molar refractivity (Wildman–Crippen MR) is 115 cm³/mol. The number of esters is 1. The Balaban J connectivity index is 0.00000225. The topological polar surface area (TPSA) is 41.6 Å². The van der Waals surface area contributed by atoms with Crippen molar-refractivity contribution in [2.45, 2.75) is 38.6 Å². The average molecular weight is 419 g/mol. The van der Waals surface area contributed by atoms with Crippen LogP contribution < -0.4 is 10.2 Å². The highest BCUT2D eigenvalue weighted by molar-refractivity contribution is 6.31. The van der Waals surface area contributed by atoms with E-state index < -0.39 is 0 Å². The molecule has 2 aliphatic heterocycles. The minimum absolute atomic E-state index is 0. The third kappa shape index (κ3) is 3.98. The van der Waals surface area contributed by atoms with Crippen LogP contribution in [0.2, 0.25) is 5.02 Å². The van der Waals surface area contributed by atoms with Gasteiger partial charge in [-0.25, -0.2) is 4.79 Å². The van der Waals surface area contributed by atoms with Crippen molar-refractivity contribution in [2.24, 2.45) is 0 Å². The van der Waals surface area contributed by atoms with Crippen molar-refractivity contribution in [1.82, 2.24) is 5.32 Å². The first-order chi connectivity index (χ1) is 13.2. The maximum atomic E-state index is 12.4. The molecular formula is C22H24Cl2N2O2. The summed E-state index contributed by atoms with van der Waals surface area (Å²) in [6, 6.07) is 15.9. The molecule has 0 radical (unpaired) electrons. The van der Waals surface area contributed by atoms with Crippen LogP contribution in [0.25, 0.3) is 0 Å². The van der Waals surface area contributed by atoms with Gasteiger partial charge in [-0.3, -0.25) is 4.90 Å². The molecular weight excluding hydrogens is 395 g/mol. The van der Waals surface area contributed by atoms with E-state index in [1.54, 1.807) is 0 Å². The van der Waals surface area contributed by atoms with Crippen LogP contribution in [-0.2, 0) is 16.0 Å². The van der Waals surface area contributed by atoms with Gasteiger partial charge in [-0.05, 0) is 68.0 Å². The molecule has 0 fully saturated rings. The van der Waals surface area contributed by atoms with Crippen LogP contribution in [0.15, 0.2) is 59.9 Å². The van der Waals surface area contributed by atoms with Crippen molar-refractivity contribution < 1.29 is 9.53 Å². The van der Waals surface area contributed by atoms with Crippen molar-refractivity contribution in [3.63, 3.8) is 0 Å². The lowest BCUT2D eigenvalue weighted by Gasteiger charge is -2.36. The van der Waals surface area contributed by atoms with E-state index in [4.69, 9.17) is 16.3 Å². The monoisotopic (exact) mass is 418 g/mol. The Morgan fingerprint density at radius 1 is 1.25 bits per heavy atom. The first-order valence-corrected chi connectivity index (χ1v) is 9.84. The maximum Gasteiger partial charge on any atom is 0.328 e. The molecule has 1 N–H and O–H groups in total. The molecule has 0 amide bonds. The largest absolute Gasteiger partial charge is 0.464 e. The summed E-state index contributed by atoms with van der Waals surface area (Å²) in [4.78, 5) is 14.6. The van der Waals surface area contributed by atoms with E-state index in [-0.39, 0.29) is 24.4 Å². The Labute approximate surface area is 176 Å². The molecule has 4 rings (SSSR count). The van der Waals surface area contributed by atoms with Crippen LogP contribution in [0, 0.1) is 0 Å². The second-order valence-electron chi connectivity index (χ2n) is 6.91. The zero-order valence-electron chi connectivity index (χ0n) is 15.8. The molecule has 2 heterocycles. The van der Waals surface area contributed by atoms with E-state index in [2.05, 4.69) is 28.4 Å². The van der Waals surface area contributed by atoms with Gasteiger partial charge in [0, 0.05) is 10.7 Å². The van der Waals surface area contributed by atoms with Crippen molar-refractivity contribution in [2.75, 3.05) is 11.5 Å². The number of carbonyl (C=O) groups excluding carboxylic acids is 1. The number of fused-ring (bicyclic) bond motifs is 1. The Morgan fingerprint density at radius 3 is 2.79 bits per heavy atom. The second kappa shape index (κ2) is 8.89. The molecule has 2 aromatic rings. The number of para-hydroxylation sites is 1. The highest BCUT2D eigenvalue weighted by atomic mass is 35.5. The summed E-state index contributed by atoms with van der Waals surface area (Å²) >= 11 is 6.32. The quantitative estimate of drug-likeness (QED) is 0.679. The fraction of sp³-hybridized carbons (Fsp3) is 0.318. The summed E-state index contributed by atoms with van der Waals surface area (Å²) in [5.74, 6) is 0.808. The van der Waals surface area contributed by atoms with Crippen LogP contribution in [0.5, 0.6) is 0 Å². The Hall–Kier alpha value is -2.17. The molecule has 2 aliphatic rings. The first-order valence-electron chi connectivity index (χ1n) is 9.46. The van der Waals surface area contributed by atoms with E-state index >= 15 is 0 Å². The van der Waals surface area contributed by atoms with Crippen molar-refractivity contribution in [1.29, 1.82) is 0 Å². The van der Waals surface area contributed by atoms with E-state index in [9.17, 15) is 4.79 Å². The minimum atomic E-state index is -0.329. The smallest absolute Gasteiger partial charge is 0.328 e. The number of allylic oxidation sites excluding steroid dienone is 1. The molecule has 2 aromatic carbocycles. The number of hydrogen-bond donors (Lipinski definition) is 1. The standard InChI is InChI=1S/C22H23ClN2O2.ClH/c1-2-27-22(26)19-10-6-7-16-13-15-11-12-17(23)14-20(15)25(21(16)24-19)18-8-4-3-5-9-18;/h3-5,8-9,11-12,14,19,24H,2,6-7,10,13H2,1H3;1H. The summed E-state index contributed by atoms with van der Waals surface area (Å²) in [5, 5.41) is 4.20. The average Bonchev–Trinajstić information content (AvgIpc) is 2.89. The molecule has 6 heteroatoms. The van der Waals surface area contributed by atoms with Crippen molar-refractivity contribution in [3.8, 4) is 0 Å². The highest BCUT2D eigenvalue weighted by Gasteiger charge is 2.32. The van der Waals surface area contributed by atoms with Crippen molar-refractivity contribution in [3.05, 3.63) is 70.5 Å². The number of nitrogens with one attached hydrogen (secondary N) is 1. The third-order valence-corrected chi connectivity index (χ3v) is 5.35. The van der Waals surface area contributed by atoms with Crippen LogP contribution in [0.3, 0.4) is 0 Å². The maximum absolute atomic E-state index is 12.4. The SMILES string of the molecule is CCOC(=O)C1CCCC2=C(N1)N(c1ccccc1)c1cc(Cl)ccc1C2.Cl. The number of rotatable bonds is 3. The fourth-order valence-corrected chi connectivity index (χ4v) is 4.05. The molecule has 0 saturated carbocycles. The lowest BCUT2D eigenvalue weighted by atomic mass is 9.94. The Kier molecular flexibility index (Phi) is 6.53. The summed E-state index contributed by atoms with van der Waals surface area (Å²) < 4.78 is 5.28. The molecule has 28 heavy (non-hydrogen) atoms. The normalized spacial score (nSPS) is 18.2. The minimum Gasteiger partial charge on any atom is -0.464 e. The zero-order valence-corrected chi connectivity index (χ0v) is 17.4. The zero-order chi connectivity index (χ0) is 18.8. The van der Waals surface area contributed by atoms with Gasteiger partial charge in [-0.15, -0.1) is 12.4 Å². The molecule has 148 valence electrons. The van der Waals surface area contributed by atoms with Gasteiger partial charge in [0.2, 0.25) is 0 Å². The Morgan fingerprint density at radius 2 is 2.04 bits per heavy atom. The summed E-state index contributed by atoms with van der Waals surface area (Å²) in [6.45, 7) is 2.23. The number of benzene rings is 2.